The van der Waals surface area contributed by atoms with Gasteiger partial charge in [0.15, 0.2) is 5.82 Å². The van der Waals surface area contributed by atoms with Crippen LogP contribution in [0.5, 0.6) is 0 Å². The van der Waals surface area contributed by atoms with Crippen molar-refractivity contribution >= 4 is 39.7 Å². The molecule has 2 rings (SSSR count). The van der Waals surface area contributed by atoms with Gasteiger partial charge in [0.1, 0.15) is 5.00 Å². The van der Waals surface area contributed by atoms with Gasteiger partial charge < -0.3 is 22.1 Å². The number of primary amides is 2. The highest BCUT2D eigenvalue weighted by Crippen LogP contribution is 2.31. The number of carbonyl (C=O) groups is 2. The summed E-state index contributed by atoms with van der Waals surface area (Å²) in [6.07, 6.45) is 0.448. The largest absolute Gasteiger partial charge is 0.380 e. The highest BCUT2D eigenvalue weighted by molar-refractivity contribution is 7.10. The zero-order valence-electron chi connectivity index (χ0n) is 14.8. The zero-order chi connectivity index (χ0) is 19.4. The van der Waals surface area contributed by atoms with E-state index in [-0.39, 0.29) is 28.9 Å². The van der Waals surface area contributed by atoms with Crippen LogP contribution in [0.1, 0.15) is 36.3 Å². The molecule has 26 heavy (non-hydrogen) atoms. The number of carbonyl (C=O) groups excluding carboxylic acids is 2. The van der Waals surface area contributed by atoms with E-state index in [4.69, 9.17) is 11.5 Å². The van der Waals surface area contributed by atoms with Crippen molar-refractivity contribution in [3.05, 3.63) is 35.3 Å². The standard InChI is InChI=1S/C17H22FN5O2S/c1-8(16(19)24)6-9(2)21-12-5-4-11(17(20)25)15(14(12)18)22-13-7-10(3)23-26-13/h4-5,7-9,21-22H,6H2,1-3H3,(H2,19,24)(H2,20,25). The third-order valence-corrected chi connectivity index (χ3v) is 4.67. The Morgan fingerprint density at radius 3 is 2.54 bits per heavy atom. The minimum Gasteiger partial charge on any atom is -0.380 e. The van der Waals surface area contributed by atoms with Crippen molar-refractivity contribution in [2.45, 2.75) is 33.2 Å². The summed E-state index contributed by atoms with van der Waals surface area (Å²) in [5.74, 6) is -2.13. The molecule has 0 bridgehead atoms. The van der Waals surface area contributed by atoms with E-state index in [1.54, 1.807) is 13.0 Å². The molecule has 6 N–H and O–H groups in total. The molecule has 0 aliphatic carbocycles. The molecular weight excluding hydrogens is 357 g/mol. The molecule has 0 saturated heterocycles. The van der Waals surface area contributed by atoms with Crippen molar-refractivity contribution in [2.24, 2.45) is 17.4 Å². The first-order chi connectivity index (χ1) is 12.2. The molecule has 0 fully saturated rings. The highest BCUT2D eigenvalue weighted by atomic mass is 32.1. The number of halogens is 1. The van der Waals surface area contributed by atoms with Crippen molar-refractivity contribution in [1.82, 2.24) is 4.37 Å². The molecule has 7 nitrogen and oxygen atoms in total. The van der Waals surface area contributed by atoms with Gasteiger partial charge in [0.25, 0.3) is 5.91 Å². The normalized spacial score (nSPS) is 13.1. The minimum atomic E-state index is -0.741. The smallest absolute Gasteiger partial charge is 0.250 e. The molecule has 1 heterocycles. The van der Waals surface area contributed by atoms with Crippen molar-refractivity contribution in [1.29, 1.82) is 0 Å². The monoisotopic (exact) mass is 379 g/mol. The van der Waals surface area contributed by atoms with Crippen molar-refractivity contribution in [2.75, 3.05) is 10.6 Å². The van der Waals surface area contributed by atoms with Crippen LogP contribution in [0.3, 0.4) is 0 Å². The molecule has 0 aliphatic heterocycles. The first kappa shape index (κ1) is 19.6. The van der Waals surface area contributed by atoms with Crippen LogP contribution in [-0.2, 0) is 4.79 Å². The molecule has 2 unspecified atom stereocenters. The lowest BCUT2D eigenvalue weighted by Crippen LogP contribution is -2.27. The maximum Gasteiger partial charge on any atom is 0.250 e. The number of benzene rings is 1. The van der Waals surface area contributed by atoms with Gasteiger partial charge in [-0.2, -0.15) is 4.37 Å². The van der Waals surface area contributed by atoms with Gasteiger partial charge in [0.05, 0.1) is 22.6 Å². The number of amides is 2. The number of aromatic nitrogens is 1. The van der Waals surface area contributed by atoms with E-state index >= 15 is 4.39 Å². The van der Waals surface area contributed by atoms with E-state index in [0.29, 0.717) is 11.4 Å². The lowest BCUT2D eigenvalue weighted by atomic mass is 10.0. The molecule has 1 aromatic carbocycles. The Hall–Kier alpha value is -2.68. The lowest BCUT2D eigenvalue weighted by molar-refractivity contribution is -0.121. The second-order valence-corrected chi connectivity index (χ2v) is 7.06. The SMILES string of the molecule is Cc1cc(Nc2c(C(N)=O)ccc(NC(C)CC(C)C(N)=O)c2F)sn1. The summed E-state index contributed by atoms with van der Waals surface area (Å²) in [5, 5.41) is 6.48. The van der Waals surface area contributed by atoms with Crippen molar-refractivity contribution in [3.63, 3.8) is 0 Å². The second kappa shape index (κ2) is 8.13. The summed E-state index contributed by atoms with van der Waals surface area (Å²) in [4.78, 5) is 22.8. The molecule has 0 radical (unpaired) electrons. The van der Waals surface area contributed by atoms with Crippen LogP contribution in [0.25, 0.3) is 0 Å². The van der Waals surface area contributed by atoms with Crippen LogP contribution in [0.2, 0.25) is 0 Å². The van der Waals surface area contributed by atoms with Crippen molar-refractivity contribution in [3.8, 4) is 0 Å². The number of anilines is 3. The Balaban J connectivity index is 2.29. The molecule has 2 atom stereocenters. The van der Waals surface area contributed by atoms with Gasteiger partial charge in [0.2, 0.25) is 5.91 Å². The number of hydrogen-bond donors (Lipinski definition) is 4. The van der Waals surface area contributed by atoms with Gasteiger partial charge in [-0.05, 0) is 50.0 Å². The number of rotatable bonds is 8. The van der Waals surface area contributed by atoms with Crippen LogP contribution in [0.4, 0.5) is 20.8 Å². The third kappa shape index (κ3) is 4.69. The molecule has 1 aromatic heterocycles. The van der Waals surface area contributed by atoms with E-state index in [9.17, 15) is 9.59 Å². The summed E-state index contributed by atoms with van der Waals surface area (Å²) in [7, 11) is 0. The Kier molecular flexibility index (Phi) is 6.14. The van der Waals surface area contributed by atoms with Crippen LogP contribution >= 0.6 is 11.5 Å². The lowest BCUT2D eigenvalue weighted by Gasteiger charge is -2.20. The van der Waals surface area contributed by atoms with Gasteiger partial charge in [-0.3, -0.25) is 9.59 Å². The topological polar surface area (TPSA) is 123 Å². The molecular formula is C17H22FN5O2S. The third-order valence-electron chi connectivity index (χ3n) is 3.88. The quantitative estimate of drug-likeness (QED) is 0.561. The van der Waals surface area contributed by atoms with E-state index in [2.05, 4.69) is 15.0 Å². The Morgan fingerprint density at radius 1 is 1.31 bits per heavy atom. The van der Waals surface area contributed by atoms with Crippen LogP contribution in [0, 0.1) is 18.7 Å². The van der Waals surface area contributed by atoms with E-state index < -0.39 is 17.6 Å². The molecule has 0 spiro atoms. The first-order valence-electron chi connectivity index (χ1n) is 8.07. The van der Waals surface area contributed by atoms with Crippen LogP contribution in [0.15, 0.2) is 18.2 Å². The van der Waals surface area contributed by atoms with Gasteiger partial charge in [-0.25, -0.2) is 4.39 Å². The average molecular weight is 379 g/mol. The molecule has 140 valence electrons. The average Bonchev–Trinajstić information content (AvgIpc) is 2.95. The number of nitrogens with one attached hydrogen (secondary N) is 2. The first-order valence-corrected chi connectivity index (χ1v) is 8.84. The number of nitrogens with zero attached hydrogens (tertiary/aromatic N) is 1. The second-order valence-electron chi connectivity index (χ2n) is 6.26. The maximum absolute atomic E-state index is 15.0. The molecule has 2 aromatic rings. The Labute approximate surface area is 155 Å². The number of nitrogens with two attached hydrogens (primary N) is 2. The predicted molar refractivity (Wildman–Crippen MR) is 101 cm³/mol. The van der Waals surface area contributed by atoms with Crippen molar-refractivity contribution < 1.29 is 14.0 Å². The Bertz CT molecular complexity index is 823. The summed E-state index contributed by atoms with van der Waals surface area (Å²) in [6, 6.07) is 4.44. The zero-order valence-corrected chi connectivity index (χ0v) is 15.6. The summed E-state index contributed by atoms with van der Waals surface area (Å²) in [6.45, 7) is 5.35. The molecule has 0 saturated carbocycles. The fourth-order valence-electron chi connectivity index (χ4n) is 2.53. The number of aryl methyl sites for hydroxylation is 1. The summed E-state index contributed by atoms with van der Waals surface area (Å²) >= 11 is 1.15. The predicted octanol–water partition coefficient (Wildman–Crippen LogP) is 2.75. The fraction of sp³-hybridized carbons (Fsp3) is 0.353. The summed E-state index contributed by atoms with van der Waals surface area (Å²) < 4.78 is 19.1. The van der Waals surface area contributed by atoms with E-state index in [1.165, 1.54) is 12.1 Å². The molecule has 0 aliphatic rings. The van der Waals surface area contributed by atoms with Gasteiger partial charge in [0, 0.05) is 12.0 Å². The Morgan fingerprint density at radius 2 is 2.00 bits per heavy atom. The van der Waals surface area contributed by atoms with Crippen LogP contribution < -0.4 is 22.1 Å². The van der Waals surface area contributed by atoms with Gasteiger partial charge >= 0.3 is 0 Å². The van der Waals surface area contributed by atoms with E-state index in [0.717, 1.165) is 17.2 Å². The minimum absolute atomic E-state index is 0.0127. The number of hydrogen-bond acceptors (Lipinski definition) is 6. The summed E-state index contributed by atoms with van der Waals surface area (Å²) in [5.41, 5.74) is 11.6. The van der Waals surface area contributed by atoms with E-state index in [1.807, 2.05) is 13.8 Å². The highest BCUT2D eigenvalue weighted by Gasteiger charge is 2.20. The van der Waals surface area contributed by atoms with Crippen LogP contribution in [-0.4, -0.2) is 22.2 Å². The van der Waals surface area contributed by atoms with Gasteiger partial charge in [-0.1, -0.05) is 6.92 Å². The fourth-order valence-corrected chi connectivity index (χ4v) is 3.20. The molecule has 9 heteroatoms. The molecule has 2 amide bonds. The van der Waals surface area contributed by atoms with Gasteiger partial charge in [-0.15, -0.1) is 0 Å². The maximum atomic E-state index is 15.0.